The molecule has 0 N–H and O–H groups in total. The Balaban J connectivity index is 1.66. The predicted molar refractivity (Wildman–Crippen MR) is 126 cm³/mol. The largest absolute Gasteiger partial charge is 0.325 e. The lowest BCUT2D eigenvalue weighted by Crippen LogP contribution is -2.45. The Morgan fingerprint density at radius 3 is 2.45 bits per heavy atom. The van der Waals surface area contributed by atoms with Crippen molar-refractivity contribution in [3.8, 4) is 0 Å². The van der Waals surface area contributed by atoms with Crippen molar-refractivity contribution in [2.45, 2.75) is 31.1 Å². The van der Waals surface area contributed by atoms with E-state index in [2.05, 4.69) is 9.50 Å². The zero-order valence-corrected chi connectivity index (χ0v) is 19.9. The lowest BCUT2D eigenvalue weighted by molar-refractivity contribution is -0.0434. The molecule has 33 heavy (non-hydrogen) atoms. The summed E-state index contributed by atoms with van der Waals surface area (Å²) < 4.78 is 57.0. The molecule has 1 atom stereocenters. The van der Waals surface area contributed by atoms with Crippen molar-refractivity contribution in [1.29, 1.82) is 0 Å². The maximum atomic E-state index is 13.7. The third kappa shape index (κ3) is 5.71. The van der Waals surface area contributed by atoms with Crippen LogP contribution in [0.25, 0.3) is 0 Å². The first-order valence-corrected chi connectivity index (χ1v) is 12.6. The number of hydrazone groups is 1. The molecule has 2 aromatic rings. The van der Waals surface area contributed by atoms with Crippen LogP contribution in [-0.2, 0) is 10.2 Å². The van der Waals surface area contributed by atoms with E-state index >= 15 is 0 Å². The highest BCUT2D eigenvalue weighted by atomic mass is 35.5. The Labute approximate surface area is 201 Å². The van der Waals surface area contributed by atoms with Gasteiger partial charge in [-0.05, 0) is 47.7 Å². The number of hydrogen-bond acceptors (Lipinski definition) is 3. The van der Waals surface area contributed by atoms with Gasteiger partial charge in [-0.1, -0.05) is 54.1 Å². The summed E-state index contributed by atoms with van der Waals surface area (Å²) in [6.45, 7) is -0.621. The summed E-state index contributed by atoms with van der Waals surface area (Å²) in [5, 5.41) is 6.10. The summed E-state index contributed by atoms with van der Waals surface area (Å²) in [4.78, 5) is 0. The summed E-state index contributed by atoms with van der Waals surface area (Å²) in [5.41, 5.74) is 2.54. The molecule has 2 heterocycles. The number of nitrogens with zero attached hydrogens (tertiary/aromatic N) is 4. The Morgan fingerprint density at radius 1 is 1.09 bits per heavy atom. The predicted octanol–water partition coefficient (Wildman–Crippen LogP) is 5.10. The first kappa shape index (κ1) is 24.1. The average molecular weight is 515 g/mol. The summed E-state index contributed by atoms with van der Waals surface area (Å²) in [6.07, 6.45) is 0.304. The molecule has 6 nitrogen and oxygen atoms in total. The van der Waals surface area contributed by atoms with Crippen molar-refractivity contribution in [2.75, 3.05) is 19.6 Å². The molecule has 0 aliphatic carbocycles. The second-order valence-electron chi connectivity index (χ2n) is 8.00. The second-order valence-corrected chi connectivity index (χ2v) is 10.4. The maximum absolute atomic E-state index is 13.7. The molecular formula is C22H22Cl2F2N4O2S. The quantitative estimate of drug-likeness (QED) is 0.323. The van der Waals surface area contributed by atoms with Crippen LogP contribution in [0.4, 0.5) is 8.78 Å². The van der Waals surface area contributed by atoms with Crippen LogP contribution in [0.15, 0.2) is 64.1 Å². The Morgan fingerprint density at radius 2 is 1.79 bits per heavy atom. The SMILES string of the molecule is O=S(=O)(N=C(Cl)N1CCC(c2ccccc2)C(c2ccc(Cl)cc2)=N1)N1CCCC(F)(F)C1. The van der Waals surface area contributed by atoms with Gasteiger partial charge in [0.25, 0.3) is 5.92 Å². The summed E-state index contributed by atoms with van der Waals surface area (Å²) in [5.74, 6) is -3.13. The number of rotatable bonds is 4. The van der Waals surface area contributed by atoms with Crippen LogP contribution in [0.2, 0.25) is 5.02 Å². The van der Waals surface area contributed by atoms with E-state index in [4.69, 9.17) is 23.2 Å². The van der Waals surface area contributed by atoms with E-state index in [1.165, 1.54) is 5.01 Å². The third-order valence-corrected chi connectivity index (χ3v) is 7.62. The van der Waals surface area contributed by atoms with Gasteiger partial charge in [-0.2, -0.15) is 17.8 Å². The minimum absolute atomic E-state index is 0.0268. The highest BCUT2D eigenvalue weighted by Gasteiger charge is 2.40. The topological polar surface area (TPSA) is 65.3 Å². The van der Waals surface area contributed by atoms with E-state index in [0.717, 1.165) is 11.1 Å². The lowest BCUT2D eigenvalue weighted by Gasteiger charge is -2.32. The Hall–Kier alpha value is -2.07. The van der Waals surface area contributed by atoms with Gasteiger partial charge in [0.15, 0.2) is 0 Å². The average Bonchev–Trinajstić information content (AvgIpc) is 2.79. The van der Waals surface area contributed by atoms with Crippen LogP contribution < -0.4 is 0 Å². The van der Waals surface area contributed by atoms with Crippen molar-refractivity contribution in [1.82, 2.24) is 9.31 Å². The molecule has 11 heteroatoms. The molecule has 0 aromatic heterocycles. The molecule has 2 aliphatic rings. The van der Waals surface area contributed by atoms with E-state index < -0.39 is 22.7 Å². The number of piperidine rings is 1. The molecule has 1 unspecified atom stereocenters. The smallest absolute Gasteiger partial charge is 0.237 e. The van der Waals surface area contributed by atoms with E-state index in [9.17, 15) is 17.2 Å². The fourth-order valence-electron chi connectivity index (χ4n) is 3.99. The van der Waals surface area contributed by atoms with Gasteiger partial charge in [0.2, 0.25) is 5.29 Å². The van der Waals surface area contributed by atoms with Crippen LogP contribution in [0, 0.1) is 0 Å². The highest BCUT2D eigenvalue weighted by Crippen LogP contribution is 2.31. The van der Waals surface area contributed by atoms with Crippen LogP contribution >= 0.6 is 23.2 Å². The number of alkyl halides is 2. The number of hydrogen-bond donors (Lipinski definition) is 0. The highest BCUT2D eigenvalue weighted by molar-refractivity contribution is 7.88. The molecule has 176 valence electrons. The van der Waals surface area contributed by atoms with Gasteiger partial charge in [-0.25, -0.2) is 13.8 Å². The van der Waals surface area contributed by atoms with Gasteiger partial charge in [0.05, 0.1) is 12.3 Å². The molecule has 1 fully saturated rings. The normalized spacial score (nSPS) is 22.2. The van der Waals surface area contributed by atoms with Crippen molar-refractivity contribution in [2.24, 2.45) is 9.50 Å². The van der Waals surface area contributed by atoms with Gasteiger partial charge in [-0.3, -0.25) is 0 Å². The first-order valence-electron chi connectivity index (χ1n) is 10.4. The van der Waals surface area contributed by atoms with Gasteiger partial charge in [0.1, 0.15) is 0 Å². The van der Waals surface area contributed by atoms with Crippen LogP contribution in [0.1, 0.15) is 36.3 Å². The zero-order valence-electron chi connectivity index (χ0n) is 17.5. The summed E-state index contributed by atoms with van der Waals surface area (Å²) in [6, 6.07) is 17.0. The monoisotopic (exact) mass is 514 g/mol. The summed E-state index contributed by atoms with van der Waals surface area (Å²) in [7, 11) is -4.38. The molecule has 0 saturated carbocycles. The maximum Gasteiger partial charge on any atom is 0.325 e. The molecule has 0 bridgehead atoms. The molecular weight excluding hydrogens is 493 g/mol. The standard InChI is InChI=1S/C22H22Cl2F2N4O2S/c23-18-9-7-17(8-10-18)20-19(16-5-2-1-3-6-16)11-14-30(27-20)21(24)28-33(31,32)29-13-4-12-22(25,26)15-29/h1-3,5-10,19H,4,11-15H2. The number of amidine groups is 1. The van der Waals surface area contributed by atoms with Crippen LogP contribution in [0.5, 0.6) is 0 Å². The van der Waals surface area contributed by atoms with Gasteiger partial charge in [-0.15, -0.1) is 4.40 Å². The minimum Gasteiger partial charge on any atom is -0.237 e. The molecule has 1 saturated heterocycles. The number of benzene rings is 2. The molecule has 2 aliphatic heterocycles. The van der Waals surface area contributed by atoms with Crippen molar-refractivity contribution in [3.63, 3.8) is 0 Å². The molecule has 4 rings (SSSR count). The van der Waals surface area contributed by atoms with Crippen molar-refractivity contribution in [3.05, 3.63) is 70.7 Å². The molecule has 0 spiro atoms. The van der Waals surface area contributed by atoms with E-state index in [-0.39, 0.29) is 30.6 Å². The second kappa shape index (κ2) is 9.66. The number of halogens is 4. The Kier molecular flexibility index (Phi) is 7.04. The van der Waals surface area contributed by atoms with Gasteiger partial charge in [0, 0.05) is 30.5 Å². The summed E-state index contributed by atoms with van der Waals surface area (Å²) >= 11 is 12.3. The Bertz CT molecular complexity index is 1160. The first-order chi connectivity index (χ1) is 15.6. The fourth-order valence-corrected chi connectivity index (χ4v) is 5.61. The minimum atomic E-state index is -4.38. The molecule has 2 aromatic carbocycles. The van der Waals surface area contributed by atoms with E-state index in [1.54, 1.807) is 12.1 Å². The molecule has 0 radical (unpaired) electrons. The van der Waals surface area contributed by atoms with Gasteiger partial charge >= 0.3 is 10.2 Å². The van der Waals surface area contributed by atoms with Crippen molar-refractivity contribution < 1.29 is 17.2 Å². The van der Waals surface area contributed by atoms with Crippen LogP contribution in [0.3, 0.4) is 0 Å². The van der Waals surface area contributed by atoms with Crippen molar-refractivity contribution >= 4 is 44.4 Å². The van der Waals surface area contributed by atoms with E-state index in [1.807, 2.05) is 42.5 Å². The van der Waals surface area contributed by atoms with Gasteiger partial charge < -0.3 is 0 Å². The fraction of sp³-hybridized carbons (Fsp3) is 0.364. The molecule has 0 amide bonds. The lowest BCUT2D eigenvalue weighted by atomic mass is 9.86. The van der Waals surface area contributed by atoms with E-state index in [0.29, 0.717) is 28.0 Å². The zero-order chi connectivity index (χ0) is 23.6. The van der Waals surface area contributed by atoms with Crippen LogP contribution in [-0.4, -0.2) is 54.3 Å². The third-order valence-electron chi connectivity index (χ3n) is 5.62.